The van der Waals surface area contributed by atoms with Crippen molar-refractivity contribution in [3.8, 4) is 11.4 Å². The number of rotatable bonds is 6. The number of hydrogen-bond donors (Lipinski definition) is 1. The summed E-state index contributed by atoms with van der Waals surface area (Å²) in [6.45, 7) is 1.92. The molecule has 4 rings (SSSR count). The summed E-state index contributed by atoms with van der Waals surface area (Å²) in [5.74, 6) is 0.954. The van der Waals surface area contributed by atoms with E-state index in [1.165, 1.54) is 11.8 Å². The van der Waals surface area contributed by atoms with Gasteiger partial charge >= 0.3 is 0 Å². The Morgan fingerprint density at radius 3 is 2.89 bits per heavy atom. The first-order chi connectivity index (χ1) is 13.1. The van der Waals surface area contributed by atoms with Crippen molar-refractivity contribution >= 4 is 35.0 Å². The second-order valence-corrected chi connectivity index (χ2v) is 7.80. The molecule has 0 atom stereocenters. The van der Waals surface area contributed by atoms with E-state index in [1.807, 2.05) is 31.2 Å². The molecule has 1 N–H and O–H groups in total. The standard InChI is InChI=1S/C19H18ClN5OS/c1-12-4-5-14(9-16(12)20)22-17(26)11-27-19-24-23-18(25(19)15-6-7-15)13-3-2-8-21-10-13/h2-5,8-10,15H,6-7,11H2,1H3,(H,22,26). The van der Waals surface area contributed by atoms with Crippen molar-refractivity contribution in [1.82, 2.24) is 19.7 Å². The first-order valence-corrected chi connectivity index (χ1v) is 10.0. The van der Waals surface area contributed by atoms with Gasteiger partial charge < -0.3 is 5.32 Å². The van der Waals surface area contributed by atoms with Gasteiger partial charge in [-0.15, -0.1) is 10.2 Å². The largest absolute Gasteiger partial charge is 0.325 e. The highest BCUT2D eigenvalue weighted by Gasteiger charge is 2.30. The number of aromatic nitrogens is 4. The van der Waals surface area contributed by atoms with Gasteiger partial charge in [-0.1, -0.05) is 29.4 Å². The first-order valence-electron chi connectivity index (χ1n) is 8.66. The van der Waals surface area contributed by atoms with Crippen LogP contribution in [0.25, 0.3) is 11.4 Å². The lowest BCUT2D eigenvalue weighted by molar-refractivity contribution is -0.113. The molecule has 0 saturated heterocycles. The number of nitrogens with zero attached hydrogens (tertiary/aromatic N) is 4. The molecule has 1 amide bonds. The summed E-state index contributed by atoms with van der Waals surface area (Å²) < 4.78 is 2.12. The molecule has 1 aliphatic carbocycles. The monoisotopic (exact) mass is 399 g/mol. The molecular weight excluding hydrogens is 382 g/mol. The van der Waals surface area contributed by atoms with E-state index < -0.39 is 0 Å². The Kier molecular flexibility index (Phi) is 5.13. The van der Waals surface area contributed by atoms with Crippen molar-refractivity contribution in [1.29, 1.82) is 0 Å². The van der Waals surface area contributed by atoms with Crippen LogP contribution in [0.4, 0.5) is 5.69 Å². The lowest BCUT2D eigenvalue weighted by Gasteiger charge is -2.09. The third-order valence-corrected chi connectivity index (χ3v) is 5.63. The molecule has 138 valence electrons. The third kappa shape index (κ3) is 4.14. The highest BCUT2D eigenvalue weighted by molar-refractivity contribution is 7.99. The van der Waals surface area contributed by atoms with E-state index in [9.17, 15) is 4.79 Å². The van der Waals surface area contributed by atoms with E-state index in [2.05, 4.69) is 25.1 Å². The smallest absolute Gasteiger partial charge is 0.234 e. The number of hydrogen-bond acceptors (Lipinski definition) is 5. The molecule has 1 aromatic carbocycles. The molecule has 8 heteroatoms. The minimum atomic E-state index is -0.104. The molecule has 1 saturated carbocycles. The average Bonchev–Trinajstić information content (AvgIpc) is 3.43. The topological polar surface area (TPSA) is 72.7 Å². The highest BCUT2D eigenvalue weighted by Crippen LogP contribution is 2.40. The maximum atomic E-state index is 12.3. The maximum Gasteiger partial charge on any atom is 0.234 e. The van der Waals surface area contributed by atoms with Crippen molar-refractivity contribution in [3.63, 3.8) is 0 Å². The zero-order valence-electron chi connectivity index (χ0n) is 14.7. The molecule has 1 aliphatic rings. The first kappa shape index (κ1) is 18.0. The van der Waals surface area contributed by atoms with Crippen LogP contribution in [0.2, 0.25) is 5.02 Å². The molecule has 6 nitrogen and oxygen atoms in total. The molecule has 1 fully saturated rings. The lowest BCUT2D eigenvalue weighted by Crippen LogP contribution is -2.14. The third-order valence-electron chi connectivity index (χ3n) is 4.28. The summed E-state index contributed by atoms with van der Waals surface area (Å²) in [6, 6.07) is 9.74. The predicted octanol–water partition coefficient (Wildman–Crippen LogP) is 4.37. The van der Waals surface area contributed by atoms with Gasteiger partial charge in [-0.3, -0.25) is 14.3 Å². The van der Waals surface area contributed by atoms with Crippen LogP contribution in [0.1, 0.15) is 24.4 Å². The molecule has 0 spiro atoms. The number of amides is 1. The van der Waals surface area contributed by atoms with Crippen molar-refractivity contribution in [2.24, 2.45) is 0 Å². The Morgan fingerprint density at radius 2 is 2.19 bits per heavy atom. The highest BCUT2D eigenvalue weighted by atomic mass is 35.5. The Labute approximate surface area is 166 Å². The number of benzene rings is 1. The number of thioether (sulfide) groups is 1. The Morgan fingerprint density at radius 1 is 1.33 bits per heavy atom. The second-order valence-electron chi connectivity index (χ2n) is 6.45. The van der Waals surface area contributed by atoms with E-state index in [4.69, 9.17) is 11.6 Å². The van der Waals surface area contributed by atoms with Crippen LogP contribution >= 0.6 is 23.4 Å². The Balaban J connectivity index is 1.46. The minimum absolute atomic E-state index is 0.104. The van der Waals surface area contributed by atoms with E-state index in [0.717, 1.165) is 34.9 Å². The van der Waals surface area contributed by atoms with E-state index >= 15 is 0 Å². The molecule has 3 aromatic rings. The summed E-state index contributed by atoms with van der Waals surface area (Å²) in [5.41, 5.74) is 2.60. The van der Waals surface area contributed by atoms with E-state index in [1.54, 1.807) is 18.5 Å². The lowest BCUT2D eigenvalue weighted by atomic mass is 10.2. The zero-order chi connectivity index (χ0) is 18.8. The zero-order valence-corrected chi connectivity index (χ0v) is 16.3. The normalized spacial score (nSPS) is 13.6. The van der Waals surface area contributed by atoms with Gasteiger partial charge in [0.2, 0.25) is 5.91 Å². The number of aryl methyl sites for hydroxylation is 1. The summed E-state index contributed by atoms with van der Waals surface area (Å²) in [4.78, 5) is 16.5. The number of anilines is 1. The van der Waals surface area contributed by atoms with Gasteiger partial charge in [-0.2, -0.15) is 0 Å². The molecule has 0 radical (unpaired) electrons. The Hall–Kier alpha value is -2.38. The van der Waals surface area contributed by atoms with Crippen LogP contribution in [-0.2, 0) is 4.79 Å². The van der Waals surface area contributed by atoms with Crippen LogP contribution < -0.4 is 5.32 Å². The van der Waals surface area contributed by atoms with Crippen molar-refractivity contribution in [3.05, 3.63) is 53.3 Å². The molecule has 0 bridgehead atoms. The number of halogens is 1. The number of pyridine rings is 1. The van der Waals surface area contributed by atoms with Crippen LogP contribution in [0, 0.1) is 6.92 Å². The second kappa shape index (κ2) is 7.70. The number of carbonyl (C=O) groups is 1. The molecule has 2 aromatic heterocycles. The number of carbonyl (C=O) groups excluding carboxylic acids is 1. The molecule has 0 aliphatic heterocycles. The summed E-state index contributed by atoms with van der Waals surface area (Å²) in [5, 5.41) is 12.9. The predicted molar refractivity (Wildman–Crippen MR) is 107 cm³/mol. The fourth-order valence-electron chi connectivity index (χ4n) is 2.73. The van der Waals surface area contributed by atoms with Gasteiger partial charge in [-0.25, -0.2) is 0 Å². The molecule has 2 heterocycles. The van der Waals surface area contributed by atoms with E-state index in [-0.39, 0.29) is 11.7 Å². The Bertz CT molecular complexity index is 971. The van der Waals surface area contributed by atoms with Gasteiger partial charge in [0.1, 0.15) is 0 Å². The fraction of sp³-hybridized carbons (Fsp3) is 0.263. The summed E-state index contributed by atoms with van der Waals surface area (Å²) >= 11 is 7.50. The maximum absolute atomic E-state index is 12.3. The van der Waals surface area contributed by atoms with Gasteiger partial charge in [-0.05, 0) is 49.6 Å². The summed E-state index contributed by atoms with van der Waals surface area (Å²) in [6.07, 6.45) is 5.73. The van der Waals surface area contributed by atoms with Crippen molar-refractivity contribution in [2.45, 2.75) is 31.0 Å². The van der Waals surface area contributed by atoms with E-state index in [0.29, 0.717) is 16.8 Å². The van der Waals surface area contributed by atoms with Crippen LogP contribution in [0.5, 0.6) is 0 Å². The minimum Gasteiger partial charge on any atom is -0.325 e. The van der Waals surface area contributed by atoms with Crippen molar-refractivity contribution in [2.75, 3.05) is 11.1 Å². The van der Waals surface area contributed by atoms with Crippen LogP contribution in [0.3, 0.4) is 0 Å². The van der Waals surface area contributed by atoms with Gasteiger partial charge in [0.05, 0.1) is 5.75 Å². The van der Waals surface area contributed by atoms with Crippen LogP contribution in [-0.4, -0.2) is 31.4 Å². The summed E-state index contributed by atoms with van der Waals surface area (Å²) in [7, 11) is 0. The number of nitrogens with one attached hydrogen (secondary N) is 1. The SMILES string of the molecule is Cc1ccc(NC(=O)CSc2nnc(-c3cccnc3)n2C2CC2)cc1Cl. The fourth-order valence-corrected chi connectivity index (χ4v) is 3.71. The average molecular weight is 400 g/mol. The van der Waals surface area contributed by atoms with Gasteiger partial charge in [0.25, 0.3) is 0 Å². The molecule has 27 heavy (non-hydrogen) atoms. The van der Waals surface area contributed by atoms with Crippen molar-refractivity contribution < 1.29 is 4.79 Å². The van der Waals surface area contributed by atoms with Gasteiger partial charge in [0.15, 0.2) is 11.0 Å². The molecular formula is C19H18ClN5OS. The van der Waals surface area contributed by atoms with Crippen LogP contribution in [0.15, 0.2) is 47.9 Å². The van der Waals surface area contributed by atoms with Gasteiger partial charge in [0, 0.05) is 34.7 Å². The quantitative estimate of drug-likeness (QED) is 0.623. The molecule has 0 unspecified atom stereocenters.